The fourth-order valence-corrected chi connectivity index (χ4v) is 3.69. The van der Waals surface area contributed by atoms with Crippen LogP contribution in [0.3, 0.4) is 0 Å². The molecule has 1 aromatic rings. The van der Waals surface area contributed by atoms with Crippen LogP contribution >= 0.6 is 11.6 Å². The van der Waals surface area contributed by atoms with E-state index in [-0.39, 0.29) is 29.4 Å². The van der Waals surface area contributed by atoms with E-state index in [1.165, 1.54) is 0 Å². The number of Topliss-reactive ketones (excluding diaryl/α,β-unsaturated/α-hetero) is 1. The molecule has 1 atom stereocenters. The maximum atomic E-state index is 12.6. The van der Waals surface area contributed by atoms with Crippen molar-refractivity contribution in [2.75, 3.05) is 19.7 Å². The van der Waals surface area contributed by atoms with Gasteiger partial charge in [0.05, 0.1) is 11.6 Å². The highest BCUT2D eigenvalue weighted by Gasteiger charge is 2.38. The third kappa shape index (κ3) is 4.15. The minimum Gasteiger partial charge on any atom is -0.373 e. The third-order valence-corrected chi connectivity index (χ3v) is 5.55. The third-order valence-electron chi connectivity index (χ3n) is 5.30. The minimum atomic E-state index is -0.321. The van der Waals surface area contributed by atoms with Gasteiger partial charge in [0.15, 0.2) is 5.78 Å². The summed E-state index contributed by atoms with van der Waals surface area (Å²) >= 11 is 5.87. The Balaban J connectivity index is 1.52. The predicted octanol–water partition coefficient (Wildman–Crippen LogP) is 3.51. The van der Waals surface area contributed by atoms with Crippen LogP contribution in [0.4, 0.5) is 4.79 Å². The van der Waals surface area contributed by atoms with Gasteiger partial charge in [-0.3, -0.25) is 4.79 Å². The molecule has 1 aromatic carbocycles. The lowest BCUT2D eigenvalue weighted by atomic mass is 9.89. The number of nitrogens with one attached hydrogen (secondary N) is 1. The smallest absolute Gasteiger partial charge is 0.317 e. The fourth-order valence-electron chi connectivity index (χ4n) is 3.57. The first-order chi connectivity index (χ1) is 11.9. The molecule has 3 rings (SSSR count). The lowest BCUT2D eigenvalue weighted by molar-refractivity contribution is 0.0223. The molecule has 6 heteroatoms. The van der Waals surface area contributed by atoms with E-state index in [1.807, 2.05) is 13.8 Å². The summed E-state index contributed by atoms with van der Waals surface area (Å²) in [5.74, 6) is 0.110. The Morgan fingerprint density at radius 1 is 1.16 bits per heavy atom. The highest BCUT2D eigenvalue weighted by Crippen LogP contribution is 2.26. The summed E-state index contributed by atoms with van der Waals surface area (Å²) < 4.78 is 5.66. The number of halogens is 1. The molecule has 2 aliphatic rings. The molecular weight excluding hydrogens is 340 g/mol. The number of nitrogens with zero attached hydrogens (tertiary/aromatic N) is 1. The first-order valence-electron chi connectivity index (χ1n) is 8.86. The van der Waals surface area contributed by atoms with Crippen molar-refractivity contribution in [2.24, 2.45) is 5.92 Å². The van der Waals surface area contributed by atoms with Crippen molar-refractivity contribution in [3.8, 4) is 0 Å². The molecule has 1 N–H and O–H groups in total. The van der Waals surface area contributed by atoms with Crippen LogP contribution in [0.25, 0.3) is 0 Å². The number of rotatable bonds is 3. The van der Waals surface area contributed by atoms with Gasteiger partial charge in [0.2, 0.25) is 0 Å². The van der Waals surface area contributed by atoms with E-state index < -0.39 is 0 Å². The van der Waals surface area contributed by atoms with Crippen LogP contribution in [0.2, 0.25) is 5.02 Å². The van der Waals surface area contributed by atoms with Gasteiger partial charge in [-0.05, 0) is 57.4 Å². The summed E-state index contributed by atoms with van der Waals surface area (Å²) in [7, 11) is 0. The summed E-state index contributed by atoms with van der Waals surface area (Å²) in [5, 5.41) is 3.71. The Labute approximate surface area is 153 Å². The Morgan fingerprint density at radius 3 is 2.36 bits per heavy atom. The van der Waals surface area contributed by atoms with Crippen molar-refractivity contribution in [2.45, 2.75) is 44.8 Å². The monoisotopic (exact) mass is 364 g/mol. The van der Waals surface area contributed by atoms with Gasteiger partial charge in [-0.25, -0.2) is 4.79 Å². The molecule has 0 aromatic heterocycles. The molecule has 5 nitrogen and oxygen atoms in total. The molecule has 2 fully saturated rings. The van der Waals surface area contributed by atoms with Crippen molar-refractivity contribution in [3.05, 3.63) is 34.9 Å². The first-order valence-corrected chi connectivity index (χ1v) is 9.24. The van der Waals surface area contributed by atoms with Crippen molar-refractivity contribution in [1.82, 2.24) is 10.2 Å². The van der Waals surface area contributed by atoms with Crippen LogP contribution in [0.1, 0.15) is 43.5 Å². The first kappa shape index (κ1) is 18.2. The number of likely N-dealkylation sites (tertiary alicyclic amines) is 1. The van der Waals surface area contributed by atoms with Crippen molar-refractivity contribution < 1.29 is 14.3 Å². The van der Waals surface area contributed by atoms with Gasteiger partial charge in [-0.2, -0.15) is 0 Å². The summed E-state index contributed by atoms with van der Waals surface area (Å²) in [4.78, 5) is 26.9. The van der Waals surface area contributed by atoms with E-state index in [0.29, 0.717) is 43.1 Å². The zero-order valence-corrected chi connectivity index (χ0v) is 15.5. The lowest BCUT2D eigenvalue weighted by Crippen LogP contribution is -2.52. The average molecular weight is 365 g/mol. The molecule has 1 unspecified atom stereocenters. The molecule has 0 spiro atoms. The Kier molecular flexibility index (Phi) is 5.35. The van der Waals surface area contributed by atoms with Crippen molar-refractivity contribution in [1.29, 1.82) is 0 Å². The molecule has 0 aliphatic carbocycles. The second kappa shape index (κ2) is 7.34. The second-order valence-electron chi connectivity index (χ2n) is 7.38. The number of piperidine rings is 1. The SMILES string of the molecule is CC1(C)OCCC1NC(=O)N1CCC(C(=O)c2ccc(Cl)cc2)CC1. The summed E-state index contributed by atoms with van der Waals surface area (Å²) in [6.07, 6.45) is 2.23. The normalized spacial score (nSPS) is 23.5. The molecular formula is C19H25ClN2O3. The molecule has 136 valence electrons. The maximum absolute atomic E-state index is 12.6. The zero-order valence-electron chi connectivity index (χ0n) is 14.8. The molecule has 2 amide bonds. The number of hydrogen-bond donors (Lipinski definition) is 1. The second-order valence-corrected chi connectivity index (χ2v) is 7.81. The van der Waals surface area contributed by atoms with Gasteiger partial charge in [-0.15, -0.1) is 0 Å². The molecule has 25 heavy (non-hydrogen) atoms. The van der Waals surface area contributed by atoms with Gasteiger partial charge < -0.3 is 15.0 Å². The van der Waals surface area contributed by atoms with Crippen molar-refractivity contribution >= 4 is 23.4 Å². The number of urea groups is 1. The Hall–Kier alpha value is -1.59. The number of ketones is 1. The number of carbonyl (C=O) groups excluding carboxylic acids is 2. The molecule has 2 heterocycles. The van der Waals surface area contributed by atoms with Crippen molar-refractivity contribution in [3.63, 3.8) is 0 Å². The van der Waals surface area contributed by atoms with Crippen LogP contribution in [-0.4, -0.2) is 48.1 Å². The topological polar surface area (TPSA) is 58.6 Å². The Morgan fingerprint density at radius 2 is 1.80 bits per heavy atom. The maximum Gasteiger partial charge on any atom is 0.317 e. The number of hydrogen-bond acceptors (Lipinski definition) is 3. The van der Waals surface area contributed by atoms with E-state index in [1.54, 1.807) is 29.2 Å². The van der Waals surface area contributed by atoms with E-state index in [0.717, 1.165) is 6.42 Å². The van der Waals surface area contributed by atoms with E-state index in [2.05, 4.69) is 5.32 Å². The highest BCUT2D eigenvalue weighted by atomic mass is 35.5. The van der Waals surface area contributed by atoms with E-state index in [4.69, 9.17) is 16.3 Å². The molecule has 2 saturated heterocycles. The minimum absolute atomic E-state index is 0.0310. The van der Waals surface area contributed by atoms with Crippen LogP contribution in [0.15, 0.2) is 24.3 Å². The fraction of sp³-hybridized carbons (Fsp3) is 0.579. The van der Waals surface area contributed by atoms with Gasteiger partial charge in [0, 0.05) is 36.2 Å². The Bertz CT molecular complexity index is 637. The number of ether oxygens (including phenoxy) is 1. The number of carbonyl (C=O) groups is 2. The molecule has 0 saturated carbocycles. The standard InChI is InChI=1S/C19H25ClN2O3/c1-19(2)16(9-12-25-19)21-18(24)22-10-7-14(8-11-22)17(23)13-3-5-15(20)6-4-13/h3-6,14,16H,7-12H2,1-2H3,(H,21,24). The zero-order chi connectivity index (χ0) is 18.0. The van der Waals surface area contributed by atoms with Gasteiger partial charge in [0.1, 0.15) is 0 Å². The van der Waals surface area contributed by atoms with Crippen LogP contribution in [0.5, 0.6) is 0 Å². The number of benzene rings is 1. The highest BCUT2D eigenvalue weighted by molar-refractivity contribution is 6.30. The van der Waals surface area contributed by atoms with Gasteiger partial charge in [-0.1, -0.05) is 11.6 Å². The van der Waals surface area contributed by atoms with Crippen LogP contribution in [0, 0.1) is 5.92 Å². The molecule has 0 radical (unpaired) electrons. The molecule has 2 aliphatic heterocycles. The van der Waals surface area contributed by atoms with E-state index in [9.17, 15) is 9.59 Å². The summed E-state index contributed by atoms with van der Waals surface area (Å²) in [6, 6.07) is 7.00. The lowest BCUT2D eigenvalue weighted by Gasteiger charge is -2.34. The van der Waals surface area contributed by atoms with Gasteiger partial charge in [0.25, 0.3) is 0 Å². The van der Waals surface area contributed by atoms with Crippen LogP contribution < -0.4 is 5.32 Å². The van der Waals surface area contributed by atoms with Gasteiger partial charge >= 0.3 is 6.03 Å². The molecule has 0 bridgehead atoms. The van der Waals surface area contributed by atoms with Crippen LogP contribution in [-0.2, 0) is 4.74 Å². The summed E-state index contributed by atoms with van der Waals surface area (Å²) in [5.41, 5.74) is 0.371. The average Bonchev–Trinajstić information content (AvgIpc) is 2.93. The predicted molar refractivity (Wildman–Crippen MR) is 97.0 cm³/mol. The number of amides is 2. The quantitative estimate of drug-likeness (QED) is 0.835. The van der Waals surface area contributed by atoms with E-state index >= 15 is 0 Å². The largest absolute Gasteiger partial charge is 0.373 e. The summed E-state index contributed by atoms with van der Waals surface area (Å²) in [6.45, 7) is 5.88.